The molecule has 3 heterocycles. The van der Waals surface area contributed by atoms with Crippen molar-refractivity contribution in [1.82, 2.24) is 14.8 Å². The molecule has 6 nitrogen and oxygen atoms in total. The number of fused-ring (bicyclic) bond motifs is 1. The van der Waals surface area contributed by atoms with Crippen LogP contribution in [0.25, 0.3) is 11.4 Å². The van der Waals surface area contributed by atoms with Gasteiger partial charge in [0.25, 0.3) is 5.91 Å². The lowest BCUT2D eigenvalue weighted by molar-refractivity contribution is 0.0985. The minimum atomic E-state index is 0.0637. The molecule has 1 saturated heterocycles. The van der Waals surface area contributed by atoms with Gasteiger partial charge in [-0.05, 0) is 81.3 Å². The third kappa shape index (κ3) is 4.03. The van der Waals surface area contributed by atoms with Crippen LogP contribution in [0.3, 0.4) is 0 Å². The zero-order valence-corrected chi connectivity index (χ0v) is 19.9. The van der Waals surface area contributed by atoms with Gasteiger partial charge in [0.05, 0.1) is 0 Å². The van der Waals surface area contributed by atoms with Crippen LogP contribution in [-0.2, 0) is 13.5 Å². The number of nitrogens with zero attached hydrogens (tertiary/aromatic N) is 5. The Labute approximate surface area is 196 Å². The summed E-state index contributed by atoms with van der Waals surface area (Å²) in [6, 6.07) is 15.1. The number of hydrogen-bond donors (Lipinski definition) is 0. The molecule has 0 unspecified atom stereocenters. The number of hydrogen-bond acceptors (Lipinski definition) is 4. The Morgan fingerprint density at radius 1 is 1.03 bits per heavy atom. The second-order valence-electron chi connectivity index (χ2n) is 9.33. The predicted molar refractivity (Wildman–Crippen MR) is 133 cm³/mol. The molecule has 6 heteroatoms. The molecule has 0 saturated carbocycles. The maximum absolute atomic E-state index is 13.4. The monoisotopic (exact) mass is 443 g/mol. The molecule has 172 valence electrons. The molecule has 0 spiro atoms. The van der Waals surface area contributed by atoms with E-state index in [1.54, 1.807) is 0 Å². The molecule has 1 fully saturated rings. The number of carbonyl (C=O) groups is 1. The normalized spacial score (nSPS) is 18.3. The third-order valence-electron chi connectivity index (χ3n) is 7.34. The first-order valence-electron chi connectivity index (χ1n) is 12.2. The lowest BCUT2D eigenvalue weighted by Crippen LogP contribution is -2.39. The van der Waals surface area contributed by atoms with Crippen LogP contribution >= 0.6 is 0 Å². The molecule has 1 atom stereocenters. The Balaban J connectivity index is 1.39. The summed E-state index contributed by atoms with van der Waals surface area (Å²) < 4.78 is 1.96. The van der Waals surface area contributed by atoms with E-state index >= 15 is 0 Å². The Morgan fingerprint density at radius 2 is 1.85 bits per heavy atom. The maximum atomic E-state index is 13.4. The van der Waals surface area contributed by atoms with Crippen LogP contribution in [0.1, 0.15) is 60.8 Å². The SMILES string of the molecule is CC[C@@H]1CCCCN1c1ccc2c(c1)CCCN2C(=O)c1ccc(-c2nnc(C)n2C)cc1. The Bertz CT molecular complexity index is 1150. The minimum absolute atomic E-state index is 0.0637. The number of piperidine rings is 1. The molecule has 2 aliphatic rings. The van der Waals surface area contributed by atoms with Crippen LogP contribution in [0.15, 0.2) is 42.5 Å². The minimum Gasteiger partial charge on any atom is -0.369 e. The van der Waals surface area contributed by atoms with E-state index in [1.165, 1.54) is 36.9 Å². The van der Waals surface area contributed by atoms with Crippen LogP contribution in [0.4, 0.5) is 11.4 Å². The molecule has 5 rings (SSSR count). The van der Waals surface area contributed by atoms with Crippen molar-refractivity contribution in [1.29, 1.82) is 0 Å². The van der Waals surface area contributed by atoms with E-state index < -0.39 is 0 Å². The summed E-state index contributed by atoms with van der Waals surface area (Å²) in [4.78, 5) is 18.0. The van der Waals surface area contributed by atoms with Gasteiger partial charge in [-0.15, -0.1) is 10.2 Å². The largest absolute Gasteiger partial charge is 0.369 e. The molecule has 1 aromatic heterocycles. The van der Waals surface area contributed by atoms with E-state index in [0.717, 1.165) is 48.8 Å². The summed E-state index contributed by atoms with van der Waals surface area (Å²) in [7, 11) is 1.95. The number of rotatable bonds is 4. The highest BCUT2D eigenvalue weighted by atomic mass is 16.2. The van der Waals surface area contributed by atoms with Gasteiger partial charge >= 0.3 is 0 Å². The predicted octanol–water partition coefficient (Wildman–Crippen LogP) is 5.15. The molecule has 0 bridgehead atoms. The number of aromatic nitrogens is 3. The molecular formula is C27H33N5O. The van der Waals surface area contributed by atoms with Crippen molar-refractivity contribution in [3.05, 3.63) is 59.4 Å². The van der Waals surface area contributed by atoms with Gasteiger partial charge in [-0.1, -0.05) is 19.1 Å². The first-order valence-corrected chi connectivity index (χ1v) is 12.2. The van der Waals surface area contributed by atoms with E-state index in [4.69, 9.17) is 0 Å². The van der Waals surface area contributed by atoms with Crippen LogP contribution < -0.4 is 9.80 Å². The summed E-state index contributed by atoms with van der Waals surface area (Å²) in [5.74, 6) is 1.74. The Hall–Kier alpha value is -3.15. The average Bonchev–Trinajstić information content (AvgIpc) is 3.20. The number of amides is 1. The van der Waals surface area contributed by atoms with E-state index in [-0.39, 0.29) is 5.91 Å². The van der Waals surface area contributed by atoms with Gasteiger partial charge in [0.15, 0.2) is 5.82 Å². The van der Waals surface area contributed by atoms with Crippen molar-refractivity contribution in [3.63, 3.8) is 0 Å². The first kappa shape index (κ1) is 21.7. The Morgan fingerprint density at radius 3 is 2.58 bits per heavy atom. The molecule has 0 N–H and O–H groups in total. The van der Waals surface area contributed by atoms with Crippen LogP contribution in [0, 0.1) is 6.92 Å². The van der Waals surface area contributed by atoms with Crippen LogP contribution in [0.5, 0.6) is 0 Å². The fourth-order valence-electron chi connectivity index (χ4n) is 5.31. The molecule has 2 aliphatic heterocycles. The zero-order chi connectivity index (χ0) is 22.9. The van der Waals surface area contributed by atoms with E-state index in [1.807, 2.05) is 47.7 Å². The van der Waals surface area contributed by atoms with Crippen molar-refractivity contribution >= 4 is 17.3 Å². The quantitative estimate of drug-likeness (QED) is 0.559. The molecule has 33 heavy (non-hydrogen) atoms. The van der Waals surface area contributed by atoms with Crippen LogP contribution in [-0.4, -0.2) is 39.8 Å². The van der Waals surface area contributed by atoms with Gasteiger partial charge in [-0.3, -0.25) is 4.79 Å². The number of anilines is 2. The van der Waals surface area contributed by atoms with E-state index in [9.17, 15) is 4.79 Å². The van der Waals surface area contributed by atoms with Crippen molar-refractivity contribution < 1.29 is 4.79 Å². The number of carbonyl (C=O) groups excluding carboxylic acids is 1. The second kappa shape index (κ2) is 9.00. The van der Waals surface area contributed by atoms with Gasteiger partial charge in [0.1, 0.15) is 5.82 Å². The van der Waals surface area contributed by atoms with Gasteiger partial charge in [0.2, 0.25) is 0 Å². The lowest BCUT2D eigenvalue weighted by atomic mass is 9.96. The van der Waals surface area contributed by atoms with Crippen LogP contribution in [0.2, 0.25) is 0 Å². The highest BCUT2D eigenvalue weighted by molar-refractivity contribution is 6.07. The molecule has 0 radical (unpaired) electrons. The van der Waals surface area contributed by atoms with Gasteiger partial charge < -0.3 is 14.4 Å². The van der Waals surface area contributed by atoms with Gasteiger partial charge in [-0.25, -0.2) is 0 Å². The summed E-state index contributed by atoms with van der Waals surface area (Å²) in [5, 5.41) is 8.39. The topological polar surface area (TPSA) is 54.3 Å². The van der Waals surface area contributed by atoms with Gasteiger partial charge in [0, 0.05) is 48.7 Å². The van der Waals surface area contributed by atoms with Crippen molar-refractivity contribution in [2.24, 2.45) is 7.05 Å². The molecular weight excluding hydrogens is 410 g/mol. The van der Waals surface area contributed by atoms with E-state index in [2.05, 4.69) is 40.2 Å². The van der Waals surface area contributed by atoms with Crippen molar-refractivity contribution in [3.8, 4) is 11.4 Å². The Kier molecular flexibility index (Phi) is 5.92. The summed E-state index contributed by atoms with van der Waals surface area (Å²) in [6.07, 6.45) is 7.09. The van der Waals surface area contributed by atoms with Crippen molar-refractivity contribution in [2.75, 3.05) is 22.9 Å². The fourth-order valence-corrected chi connectivity index (χ4v) is 5.31. The van der Waals surface area contributed by atoms with E-state index in [0.29, 0.717) is 11.6 Å². The maximum Gasteiger partial charge on any atom is 0.258 e. The zero-order valence-electron chi connectivity index (χ0n) is 19.9. The highest BCUT2D eigenvalue weighted by Gasteiger charge is 2.26. The summed E-state index contributed by atoms with van der Waals surface area (Å²) >= 11 is 0. The smallest absolute Gasteiger partial charge is 0.258 e. The summed E-state index contributed by atoms with van der Waals surface area (Å²) in [5.41, 5.74) is 5.34. The lowest BCUT2D eigenvalue weighted by Gasteiger charge is -2.38. The summed E-state index contributed by atoms with van der Waals surface area (Å²) in [6.45, 7) is 6.12. The standard InChI is InChI=1S/C27H33N5O/c1-4-23-9-5-6-16-31(23)24-14-15-25-22(18-24)8-7-17-32(25)27(33)21-12-10-20(11-13-21)26-29-28-19(2)30(26)3/h10-15,18,23H,4-9,16-17H2,1-3H3/t23-/m1/s1. The molecule has 1 amide bonds. The van der Waals surface area contributed by atoms with Gasteiger partial charge in [-0.2, -0.15) is 0 Å². The molecule has 3 aromatic rings. The highest BCUT2D eigenvalue weighted by Crippen LogP contribution is 2.34. The second-order valence-corrected chi connectivity index (χ2v) is 9.33. The fraction of sp³-hybridized carbons (Fsp3) is 0.444. The first-order chi connectivity index (χ1) is 16.1. The average molecular weight is 444 g/mol. The number of aryl methyl sites for hydroxylation is 2. The molecule has 0 aliphatic carbocycles. The number of benzene rings is 2. The van der Waals surface area contributed by atoms with Crippen molar-refractivity contribution in [2.45, 2.75) is 58.4 Å². The molecule has 2 aromatic carbocycles. The third-order valence-corrected chi connectivity index (χ3v) is 7.34.